The molecule has 0 unspecified atom stereocenters. The molecule has 0 fully saturated rings. The lowest BCUT2D eigenvalue weighted by molar-refractivity contribution is 0.0971. The molecule has 0 N–H and O–H groups in total. The predicted molar refractivity (Wildman–Crippen MR) is 135 cm³/mol. The highest BCUT2D eigenvalue weighted by molar-refractivity contribution is 6.27. The molecule has 1 aliphatic carbocycles. The summed E-state index contributed by atoms with van der Waals surface area (Å²) in [6.07, 6.45) is 1.79. The van der Waals surface area contributed by atoms with Crippen molar-refractivity contribution in [3.8, 4) is 28.6 Å². The number of carbonyl (C=O) groups is 2. The lowest BCUT2D eigenvalue weighted by Crippen LogP contribution is -2.23. The second kappa shape index (κ2) is 8.87. The first-order valence-corrected chi connectivity index (χ1v) is 11.6. The molecular formula is C28H21N5O4. The van der Waals surface area contributed by atoms with E-state index in [1.165, 1.54) is 0 Å². The highest BCUT2D eigenvalue weighted by Gasteiger charge is 2.36. The Balaban J connectivity index is 1.45. The van der Waals surface area contributed by atoms with Gasteiger partial charge in [-0.15, -0.1) is 5.10 Å². The van der Waals surface area contributed by atoms with E-state index in [4.69, 9.17) is 9.47 Å². The van der Waals surface area contributed by atoms with Crippen molar-refractivity contribution >= 4 is 11.6 Å². The molecule has 9 heteroatoms. The second-order valence-electron chi connectivity index (χ2n) is 8.50. The van der Waals surface area contributed by atoms with Gasteiger partial charge in [0.2, 0.25) is 11.6 Å². The zero-order chi connectivity index (χ0) is 25.5. The molecule has 5 aromatic rings. The minimum Gasteiger partial charge on any atom is -0.497 e. The van der Waals surface area contributed by atoms with Gasteiger partial charge in [-0.05, 0) is 48.5 Å². The second-order valence-corrected chi connectivity index (χ2v) is 8.50. The molecule has 0 spiro atoms. The molecule has 2 aromatic heterocycles. The van der Waals surface area contributed by atoms with Crippen LogP contribution in [0.4, 0.5) is 0 Å². The van der Waals surface area contributed by atoms with E-state index < -0.39 is 0 Å². The lowest BCUT2D eigenvalue weighted by atomic mass is 9.90. The van der Waals surface area contributed by atoms with Crippen molar-refractivity contribution in [2.45, 2.75) is 6.54 Å². The summed E-state index contributed by atoms with van der Waals surface area (Å²) in [5, 5.41) is 8.58. The fourth-order valence-corrected chi connectivity index (χ4v) is 4.48. The summed E-state index contributed by atoms with van der Waals surface area (Å²) >= 11 is 0. The number of nitrogens with zero attached hydrogens (tertiary/aromatic N) is 5. The molecule has 2 heterocycles. The average molecular weight is 492 g/mol. The molecule has 0 saturated carbocycles. The van der Waals surface area contributed by atoms with Gasteiger partial charge >= 0.3 is 0 Å². The molecule has 1 aliphatic rings. The zero-order valence-corrected chi connectivity index (χ0v) is 20.1. The summed E-state index contributed by atoms with van der Waals surface area (Å²) in [5.41, 5.74) is 3.25. The number of carbonyl (C=O) groups excluding carboxylic acids is 2. The van der Waals surface area contributed by atoms with E-state index in [0.717, 1.165) is 17.0 Å². The average Bonchev–Trinajstić information content (AvgIpc) is 3.57. The van der Waals surface area contributed by atoms with Gasteiger partial charge in [0.05, 0.1) is 32.6 Å². The van der Waals surface area contributed by atoms with Crippen molar-refractivity contribution in [1.82, 2.24) is 24.5 Å². The smallest absolute Gasteiger partial charge is 0.214 e. The van der Waals surface area contributed by atoms with Gasteiger partial charge in [-0.25, -0.2) is 9.67 Å². The van der Waals surface area contributed by atoms with E-state index in [1.54, 1.807) is 53.9 Å². The molecule has 182 valence electrons. The van der Waals surface area contributed by atoms with E-state index in [1.807, 2.05) is 48.5 Å². The van der Waals surface area contributed by atoms with E-state index in [9.17, 15) is 9.59 Å². The minimum absolute atomic E-state index is 0.136. The van der Waals surface area contributed by atoms with E-state index >= 15 is 0 Å². The SMILES string of the molecule is COc1ccc(-c2nc3c(n2Cc2cn(-c4ccc(OC)cc4)nn2)C(=O)c2ccccc2C3=O)cc1. The zero-order valence-electron chi connectivity index (χ0n) is 20.1. The normalized spacial score (nSPS) is 12.3. The maximum absolute atomic E-state index is 13.6. The molecule has 0 bridgehead atoms. The van der Waals surface area contributed by atoms with Crippen LogP contribution in [0, 0.1) is 0 Å². The van der Waals surface area contributed by atoms with Crippen LogP contribution >= 0.6 is 0 Å². The first-order chi connectivity index (χ1) is 18.1. The van der Waals surface area contributed by atoms with Crippen molar-refractivity contribution in [3.05, 3.63) is 107 Å². The van der Waals surface area contributed by atoms with Crippen molar-refractivity contribution in [2.75, 3.05) is 14.2 Å². The van der Waals surface area contributed by atoms with E-state index in [-0.39, 0.29) is 29.5 Å². The van der Waals surface area contributed by atoms with Gasteiger partial charge in [-0.2, -0.15) is 0 Å². The summed E-state index contributed by atoms with van der Waals surface area (Å²) in [4.78, 5) is 31.6. The van der Waals surface area contributed by atoms with Crippen LogP contribution in [0.1, 0.15) is 37.8 Å². The summed E-state index contributed by atoms with van der Waals surface area (Å²) in [5.74, 6) is 1.39. The predicted octanol–water partition coefficient (Wildman–Crippen LogP) is 3.97. The van der Waals surface area contributed by atoms with Crippen LogP contribution in [0.25, 0.3) is 17.1 Å². The fourth-order valence-electron chi connectivity index (χ4n) is 4.48. The Morgan fingerprint density at radius 2 is 1.41 bits per heavy atom. The van der Waals surface area contributed by atoms with Gasteiger partial charge in [0.1, 0.15) is 34.4 Å². The van der Waals surface area contributed by atoms with E-state index in [0.29, 0.717) is 28.4 Å². The molecular weight excluding hydrogens is 470 g/mol. The summed E-state index contributed by atoms with van der Waals surface area (Å²) in [6.45, 7) is 0.195. The van der Waals surface area contributed by atoms with Crippen LogP contribution in [-0.4, -0.2) is 50.3 Å². The van der Waals surface area contributed by atoms with Gasteiger partial charge in [-0.3, -0.25) is 9.59 Å². The molecule has 0 aliphatic heterocycles. The van der Waals surface area contributed by atoms with E-state index in [2.05, 4.69) is 15.3 Å². The van der Waals surface area contributed by atoms with Crippen LogP contribution in [0.5, 0.6) is 11.5 Å². The Morgan fingerprint density at radius 1 is 0.784 bits per heavy atom. The quantitative estimate of drug-likeness (QED) is 0.347. The third-order valence-electron chi connectivity index (χ3n) is 6.36. The lowest BCUT2D eigenvalue weighted by Gasteiger charge is -2.16. The maximum Gasteiger partial charge on any atom is 0.214 e. The minimum atomic E-state index is -0.277. The highest BCUT2D eigenvalue weighted by Crippen LogP contribution is 2.32. The Labute approximate surface area is 211 Å². The first-order valence-electron chi connectivity index (χ1n) is 11.6. The number of rotatable bonds is 6. The topological polar surface area (TPSA) is 101 Å². The molecule has 3 aromatic carbocycles. The molecule has 0 radical (unpaired) electrons. The number of benzene rings is 3. The van der Waals surface area contributed by atoms with Crippen molar-refractivity contribution in [1.29, 1.82) is 0 Å². The molecule has 0 amide bonds. The first kappa shape index (κ1) is 22.4. The Kier molecular flexibility index (Phi) is 5.37. The number of aromatic nitrogens is 5. The van der Waals surface area contributed by atoms with Crippen LogP contribution in [-0.2, 0) is 6.54 Å². The van der Waals surface area contributed by atoms with Gasteiger partial charge < -0.3 is 14.0 Å². The summed E-state index contributed by atoms with van der Waals surface area (Å²) < 4.78 is 13.9. The largest absolute Gasteiger partial charge is 0.497 e. The highest BCUT2D eigenvalue weighted by atomic mass is 16.5. The number of ketones is 2. The molecule has 0 atom stereocenters. The van der Waals surface area contributed by atoms with Gasteiger partial charge in [0.15, 0.2) is 0 Å². The van der Waals surface area contributed by atoms with Crippen LogP contribution < -0.4 is 9.47 Å². The number of methoxy groups -OCH3 is 2. The fraction of sp³-hybridized carbons (Fsp3) is 0.107. The van der Waals surface area contributed by atoms with Crippen molar-refractivity contribution in [3.63, 3.8) is 0 Å². The number of hydrogen-bond donors (Lipinski definition) is 0. The van der Waals surface area contributed by atoms with Crippen LogP contribution in [0.3, 0.4) is 0 Å². The van der Waals surface area contributed by atoms with Crippen LogP contribution in [0.15, 0.2) is 79.0 Å². The van der Waals surface area contributed by atoms with Crippen LogP contribution in [0.2, 0.25) is 0 Å². The summed E-state index contributed by atoms with van der Waals surface area (Å²) in [7, 11) is 3.20. The number of fused-ring (bicyclic) bond motifs is 2. The van der Waals surface area contributed by atoms with Crippen molar-refractivity contribution < 1.29 is 19.1 Å². The third kappa shape index (κ3) is 3.77. The van der Waals surface area contributed by atoms with Gasteiger partial charge in [0.25, 0.3) is 0 Å². The number of hydrogen-bond acceptors (Lipinski definition) is 7. The summed E-state index contributed by atoms with van der Waals surface area (Å²) in [6, 6.07) is 21.6. The Morgan fingerprint density at radius 3 is 2.05 bits per heavy atom. The Hall–Kier alpha value is -5.05. The molecule has 6 rings (SSSR count). The number of ether oxygens (including phenoxy) is 2. The number of imidazole rings is 1. The maximum atomic E-state index is 13.6. The molecule has 37 heavy (non-hydrogen) atoms. The van der Waals surface area contributed by atoms with Gasteiger partial charge in [-0.1, -0.05) is 29.5 Å². The Bertz CT molecular complexity index is 1650. The third-order valence-corrected chi connectivity index (χ3v) is 6.36. The molecule has 9 nitrogen and oxygen atoms in total. The van der Waals surface area contributed by atoms with Crippen molar-refractivity contribution in [2.24, 2.45) is 0 Å². The monoisotopic (exact) mass is 491 g/mol. The molecule has 0 saturated heterocycles. The standard InChI is InChI=1S/C28H21N5O4/c1-36-20-11-7-17(8-12-20)28-29-24-25(27(35)23-6-4-3-5-22(23)26(24)34)32(28)15-18-16-33(31-30-18)19-9-13-21(37-2)14-10-19/h3-14,16H,15H2,1-2H3. The van der Waals surface area contributed by atoms with Gasteiger partial charge in [0, 0.05) is 16.7 Å².